The molecule has 7 nitrogen and oxygen atoms in total. The number of aliphatic carboxylic acids is 1. The van der Waals surface area contributed by atoms with Crippen molar-refractivity contribution < 1.29 is 23.8 Å². The molecule has 1 atom stereocenters. The molecule has 1 amide bonds. The van der Waals surface area contributed by atoms with E-state index in [0.717, 1.165) is 5.56 Å². The molecule has 2 aromatic rings. The van der Waals surface area contributed by atoms with Crippen LogP contribution in [0.2, 0.25) is 0 Å². The zero-order valence-electron chi connectivity index (χ0n) is 11.6. The smallest absolute Gasteiger partial charge is 0.331 e. The SMILES string of the molecule is O=C(NC1(C(=O)O)CCOC1)c1coc(-c2ccccc2)n1. The summed E-state index contributed by atoms with van der Waals surface area (Å²) >= 11 is 0. The van der Waals surface area contributed by atoms with E-state index in [9.17, 15) is 14.7 Å². The van der Waals surface area contributed by atoms with E-state index in [1.807, 2.05) is 18.2 Å². The van der Waals surface area contributed by atoms with Gasteiger partial charge in [0.1, 0.15) is 6.26 Å². The minimum atomic E-state index is -1.40. The van der Waals surface area contributed by atoms with Crippen molar-refractivity contribution in [3.05, 3.63) is 42.3 Å². The van der Waals surface area contributed by atoms with Gasteiger partial charge in [-0.05, 0) is 12.1 Å². The van der Waals surface area contributed by atoms with Crippen LogP contribution < -0.4 is 5.32 Å². The Morgan fingerprint density at radius 2 is 2.05 bits per heavy atom. The average molecular weight is 302 g/mol. The predicted octanol–water partition coefficient (Wildman–Crippen LogP) is 1.32. The van der Waals surface area contributed by atoms with Gasteiger partial charge in [-0.3, -0.25) is 4.79 Å². The summed E-state index contributed by atoms with van der Waals surface area (Å²) in [5, 5.41) is 11.8. The average Bonchev–Trinajstić information content (AvgIpc) is 3.18. The van der Waals surface area contributed by atoms with E-state index in [2.05, 4.69) is 10.3 Å². The summed E-state index contributed by atoms with van der Waals surface area (Å²) in [5.74, 6) is -1.42. The molecule has 7 heteroatoms. The molecule has 0 spiro atoms. The standard InChI is InChI=1S/C15H14N2O5/c18-12(17-15(14(19)20)6-7-21-9-15)11-8-22-13(16-11)10-4-2-1-3-5-10/h1-5,8H,6-7,9H2,(H,17,18)(H,19,20). The van der Waals surface area contributed by atoms with Gasteiger partial charge in [0, 0.05) is 18.6 Å². The van der Waals surface area contributed by atoms with Crippen molar-refractivity contribution in [1.29, 1.82) is 0 Å². The van der Waals surface area contributed by atoms with Gasteiger partial charge in [-0.1, -0.05) is 18.2 Å². The van der Waals surface area contributed by atoms with Gasteiger partial charge in [0.25, 0.3) is 5.91 Å². The minimum absolute atomic E-state index is 0.0337. The third kappa shape index (κ3) is 2.58. The van der Waals surface area contributed by atoms with Gasteiger partial charge in [0.2, 0.25) is 5.89 Å². The Labute approximate surface area is 125 Å². The van der Waals surface area contributed by atoms with Crippen LogP contribution in [0.3, 0.4) is 0 Å². The fourth-order valence-corrected chi connectivity index (χ4v) is 2.26. The largest absolute Gasteiger partial charge is 0.479 e. The van der Waals surface area contributed by atoms with Gasteiger partial charge in [-0.15, -0.1) is 0 Å². The van der Waals surface area contributed by atoms with Gasteiger partial charge >= 0.3 is 5.97 Å². The van der Waals surface area contributed by atoms with Gasteiger partial charge in [0.15, 0.2) is 11.2 Å². The van der Waals surface area contributed by atoms with Crippen molar-refractivity contribution in [2.24, 2.45) is 0 Å². The van der Waals surface area contributed by atoms with Crippen molar-refractivity contribution in [2.45, 2.75) is 12.0 Å². The fraction of sp³-hybridized carbons (Fsp3) is 0.267. The van der Waals surface area contributed by atoms with Crippen LogP contribution in [-0.4, -0.2) is 40.7 Å². The highest BCUT2D eigenvalue weighted by atomic mass is 16.5. The number of hydrogen-bond donors (Lipinski definition) is 2. The van der Waals surface area contributed by atoms with E-state index >= 15 is 0 Å². The summed E-state index contributed by atoms with van der Waals surface area (Å²) in [6.45, 7) is 0.234. The second-order valence-electron chi connectivity index (χ2n) is 5.05. The van der Waals surface area contributed by atoms with Crippen LogP contribution in [-0.2, 0) is 9.53 Å². The monoisotopic (exact) mass is 302 g/mol. The lowest BCUT2D eigenvalue weighted by molar-refractivity contribution is -0.144. The summed E-state index contributed by atoms with van der Waals surface area (Å²) in [6.07, 6.45) is 1.43. The third-order valence-electron chi connectivity index (χ3n) is 3.54. The van der Waals surface area contributed by atoms with E-state index < -0.39 is 17.4 Å². The molecule has 3 rings (SSSR count). The lowest BCUT2D eigenvalue weighted by Gasteiger charge is -2.22. The molecule has 1 aromatic heterocycles. The number of benzene rings is 1. The molecule has 1 unspecified atom stereocenters. The Kier molecular flexibility index (Phi) is 3.64. The van der Waals surface area contributed by atoms with Gasteiger partial charge < -0.3 is 19.6 Å². The Balaban J connectivity index is 1.79. The summed E-state index contributed by atoms with van der Waals surface area (Å²) in [5.41, 5.74) is -0.631. The number of amides is 1. The second-order valence-corrected chi connectivity index (χ2v) is 5.05. The fourth-order valence-electron chi connectivity index (χ4n) is 2.26. The lowest BCUT2D eigenvalue weighted by Crippen LogP contribution is -2.55. The predicted molar refractivity (Wildman–Crippen MR) is 75.2 cm³/mol. The summed E-state index contributed by atoms with van der Waals surface area (Å²) in [7, 11) is 0. The number of carbonyl (C=O) groups is 2. The molecule has 0 saturated carbocycles. The highest BCUT2D eigenvalue weighted by molar-refractivity contribution is 5.96. The van der Waals surface area contributed by atoms with Crippen LogP contribution in [0.25, 0.3) is 11.5 Å². The van der Waals surface area contributed by atoms with Gasteiger partial charge in [0.05, 0.1) is 6.61 Å². The Hall–Kier alpha value is -2.67. The number of oxazole rings is 1. The van der Waals surface area contributed by atoms with Crippen LogP contribution >= 0.6 is 0 Å². The topological polar surface area (TPSA) is 102 Å². The molecule has 0 radical (unpaired) electrons. The first kappa shape index (κ1) is 14.3. The van der Waals surface area contributed by atoms with Crippen molar-refractivity contribution in [3.63, 3.8) is 0 Å². The summed E-state index contributed by atoms with van der Waals surface area (Å²) < 4.78 is 10.4. The number of ether oxygens (including phenoxy) is 1. The number of hydrogen-bond acceptors (Lipinski definition) is 5. The second kappa shape index (κ2) is 5.61. The summed E-state index contributed by atoms with van der Waals surface area (Å²) in [4.78, 5) is 27.7. The van der Waals surface area contributed by atoms with E-state index in [1.54, 1.807) is 12.1 Å². The van der Waals surface area contributed by atoms with Crippen LogP contribution in [0.4, 0.5) is 0 Å². The number of carbonyl (C=O) groups excluding carboxylic acids is 1. The molecular formula is C15H14N2O5. The van der Waals surface area contributed by atoms with Crippen molar-refractivity contribution in [1.82, 2.24) is 10.3 Å². The Morgan fingerprint density at radius 1 is 1.27 bits per heavy atom. The first-order valence-corrected chi connectivity index (χ1v) is 6.75. The van der Waals surface area contributed by atoms with E-state index in [4.69, 9.17) is 9.15 Å². The molecule has 1 aliphatic heterocycles. The van der Waals surface area contributed by atoms with Crippen molar-refractivity contribution in [3.8, 4) is 11.5 Å². The number of nitrogens with one attached hydrogen (secondary N) is 1. The first-order valence-electron chi connectivity index (χ1n) is 6.75. The number of nitrogens with zero attached hydrogens (tertiary/aromatic N) is 1. The number of aromatic nitrogens is 1. The van der Waals surface area contributed by atoms with Crippen LogP contribution in [0.1, 0.15) is 16.9 Å². The molecule has 0 aliphatic carbocycles. The molecule has 22 heavy (non-hydrogen) atoms. The van der Waals surface area contributed by atoms with E-state index in [-0.39, 0.29) is 18.7 Å². The molecule has 2 N–H and O–H groups in total. The molecule has 2 heterocycles. The number of rotatable bonds is 4. The highest BCUT2D eigenvalue weighted by Crippen LogP contribution is 2.21. The maximum atomic E-state index is 12.2. The molecule has 1 saturated heterocycles. The molecular weight excluding hydrogens is 288 g/mol. The molecule has 1 fully saturated rings. The van der Waals surface area contributed by atoms with Crippen molar-refractivity contribution >= 4 is 11.9 Å². The molecule has 114 valence electrons. The van der Waals surface area contributed by atoms with Crippen LogP contribution in [0.15, 0.2) is 41.0 Å². The first-order chi connectivity index (χ1) is 10.6. The molecule has 1 aromatic carbocycles. The summed E-state index contributed by atoms with van der Waals surface area (Å²) in [6, 6.07) is 9.12. The molecule has 1 aliphatic rings. The zero-order chi connectivity index (χ0) is 15.6. The Morgan fingerprint density at radius 3 is 2.68 bits per heavy atom. The van der Waals surface area contributed by atoms with Gasteiger partial charge in [-0.25, -0.2) is 9.78 Å². The quantitative estimate of drug-likeness (QED) is 0.883. The van der Waals surface area contributed by atoms with E-state index in [1.165, 1.54) is 6.26 Å². The zero-order valence-corrected chi connectivity index (χ0v) is 11.6. The lowest BCUT2D eigenvalue weighted by atomic mass is 9.99. The van der Waals surface area contributed by atoms with Crippen LogP contribution in [0.5, 0.6) is 0 Å². The highest BCUT2D eigenvalue weighted by Gasteiger charge is 2.44. The van der Waals surface area contributed by atoms with Gasteiger partial charge in [-0.2, -0.15) is 0 Å². The molecule has 0 bridgehead atoms. The number of carboxylic acid groups (broad SMARTS) is 1. The minimum Gasteiger partial charge on any atom is -0.479 e. The maximum absolute atomic E-state index is 12.2. The van der Waals surface area contributed by atoms with Crippen LogP contribution in [0, 0.1) is 0 Å². The normalized spacial score (nSPS) is 20.7. The van der Waals surface area contributed by atoms with E-state index in [0.29, 0.717) is 12.5 Å². The number of carboxylic acids is 1. The third-order valence-corrected chi connectivity index (χ3v) is 3.54. The van der Waals surface area contributed by atoms with Crippen molar-refractivity contribution in [2.75, 3.05) is 13.2 Å². The maximum Gasteiger partial charge on any atom is 0.331 e. The Bertz CT molecular complexity index is 689.